The maximum Gasteiger partial charge on any atom is 0.213 e. The van der Waals surface area contributed by atoms with E-state index < -0.39 is 0 Å². The Balaban J connectivity index is 1.67. The van der Waals surface area contributed by atoms with Crippen molar-refractivity contribution < 1.29 is 8.81 Å². The first-order chi connectivity index (χ1) is 11.7. The summed E-state index contributed by atoms with van der Waals surface area (Å²) >= 11 is 0. The number of fused-ring (bicyclic) bond motifs is 1. The highest BCUT2D eigenvalue weighted by molar-refractivity contribution is 5.60. The molecule has 0 amide bonds. The molecule has 0 fully saturated rings. The minimum atomic E-state index is -0.373. The van der Waals surface area contributed by atoms with Gasteiger partial charge in [0.25, 0.3) is 0 Å². The number of nitrogens with zero attached hydrogens (tertiary/aromatic N) is 5. The molecule has 0 bridgehead atoms. The standard InChI is InChI=1S/C16H13FN6O/c1-10-8-19-15(24-10)9-18-13-6-7-14-20-21-16(23(14)22-13)11-4-2-3-5-12(11)17/h2-8H,9H2,1H3,(H,18,22). The lowest BCUT2D eigenvalue weighted by atomic mass is 10.2. The van der Waals surface area contributed by atoms with Gasteiger partial charge in [-0.25, -0.2) is 9.37 Å². The summed E-state index contributed by atoms with van der Waals surface area (Å²) < 4.78 is 20.9. The van der Waals surface area contributed by atoms with Crippen LogP contribution in [0.15, 0.2) is 47.0 Å². The highest BCUT2D eigenvalue weighted by Crippen LogP contribution is 2.21. The molecule has 4 rings (SSSR count). The molecule has 3 heterocycles. The Labute approximate surface area is 136 Å². The van der Waals surface area contributed by atoms with Crippen LogP contribution in [0.1, 0.15) is 11.7 Å². The zero-order chi connectivity index (χ0) is 16.5. The summed E-state index contributed by atoms with van der Waals surface area (Å²) in [6.45, 7) is 2.22. The number of oxazole rings is 1. The third-order valence-electron chi connectivity index (χ3n) is 3.47. The van der Waals surface area contributed by atoms with Crippen molar-refractivity contribution >= 4 is 11.5 Å². The molecule has 24 heavy (non-hydrogen) atoms. The summed E-state index contributed by atoms with van der Waals surface area (Å²) in [5.41, 5.74) is 0.878. The third-order valence-corrected chi connectivity index (χ3v) is 3.47. The minimum Gasteiger partial charge on any atom is -0.444 e. The number of hydrogen-bond acceptors (Lipinski definition) is 6. The molecule has 0 saturated heterocycles. The van der Waals surface area contributed by atoms with E-state index in [0.29, 0.717) is 35.3 Å². The van der Waals surface area contributed by atoms with E-state index in [1.165, 1.54) is 10.6 Å². The van der Waals surface area contributed by atoms with Crippen LogP contribution in [0.25, 0.3) is 17.0 Å². The molecule has 1 aromatic carbocycles. The van der Waals surface area contributed by atoms with Gasteiger partial charge >= 0.3 is 0 Å². The van der Waals surface area contributed by atoms with Crippen molar-refractivity contribution in [3.8, 4) is 11.4 Å². The summed E-state index contributed by atoms with van der Waals surface area (Å²) in [6, 6.07) is 9.91. The maximum atomic E-state index is 14.0. The number of nitrogens with one attached hydrogen (secondary N) is 1. The Hall–Kier alpha value is -3.29. The van der Waals surface area contributed by atoms with E-state index in [0.717, 1.165) is 5.76 Å². The molecule has 3 aromatic heterocycles. The minimum absolute atomic E-state index is 0.345. The van der Waals surface area contributed by atoms with Crippen LogP contribution >= 0.6 is 0 Å². The fraction of sp³-hybridized carbons (Fsp3) is 0.125. The fourth-order valence-electron chi connectivity index (χ4n) is 2.34. The lowest BCUT2D eigenvalue weighted by Gasteiger charge is -2.05. The van der Waals surface area contributed by atoms with Crippen molar-refractivity contribution in [2.45, 2.75) is 13.5 Å². The monoisotopic (exact) mass is 324 g/mol. The zero-order valence-corrected chi connectivity index (χ0v) is 12.8. The second kappa shape index (κ2) is 5.73. The van der Waals surface area contributed by atoms with Gasteiger partial charge in [0.15, 0.2) is 11.5 Å². The maximum absolute atomic E-state index is 14.0. The van der Waals surface area contributed by atoms with Crippen molar-refractivity contribution in [3.05, 3.63) is 60.1 Å². The van der Waals surface area contributed by atoms with Gasteiger partial charge in [0.05, 0.1) is 18.3 Å². The number of aryl methyl sites for hydroxylation is 1. The van der Waals surface area contributed by atoms with Gasteiger partial charge in [-0.3, -0.25) is 0 Å². The quantitative estimate of drug-likeness (QED) is 0.622. The van der Waals surface area contributed by atoms with Gasteiger partial charge in [-0.15, -0.1) is 15.3 Å². The van der Waals surface area contributed by atoms with Gasteiger partial charge in [0, 0.05) is 0 Å². The Morgan fingerprint density at radius 1 is 1.17 bits per heavy atom. The van der Waals surface area contributed by atoms with Crippen LogP contribution in [-0.4, -0.2) is 24.8 Å². The van der Waals surface area contributed by atoms with E-state index in [4.69, 9.17) is 4.42 Å². The molecular formula is C16H13FN6O. The van der Waals surface area contributed by atoms with E-state index in [-0.39, 0.29) is 5.82 Å². The molecule has 0 spiro atoms. The first-order valence-electron chi connectivity index (χ1n) is 7.33. The molecule has 0 aliphatic carbocycles. The van der Waals surface area contributed by atoms with Crippen LogP contribution in [0.3, 0.4) is 0 Å². The van der Waals surface area contributed by atoms with Gasteiger partial charge in [-0.2, -0.15) is 4.52 Å². The van der Waals surface area contributed by atoms with Gasteiger partial charge in [0.2, 0.25) is 5.89 Å². The van der Waals surface area contributed by atoms with Crippen LogP contribution in [0.4, 0.5) is 10.2 Å². The molecule has 0 atom stereocenters. The molecule has 0 aliphatic rings. The molecule has 4 aromatic rings. The third kappa shape index (κ3) is 2.58. The zero-order valence-electron chi connectivity index (χ0n) is 12.8. The summed E-state index contributed by atoms with van der Waals surface area (Å²) in [5, 5.41) is 15.6. The summed E-state index contributed by atoms with van der Waals surface area (Å²) in [5.74, 6) is 1.86. The predicted octanol–water partition coefficient (Wildman–Crippen LogP) is 2.84. The SMILES string of the molecule is Cc1cnc(CNc2ccc3nnc(-c4ccccc4F)n3n2)o1. The lowest BCUT2D eigenvalue weighted by molar-refractivity contribution is 0.478. The Morgan fingerprint density at radius 2 is 2.04 bits per heavy atom. The van der Waals surface area contributed by atoms with E-state index in [1.807, 2.05) is 6.92 Å². The molecule has 0 saturated carbocycles. The summed E-state index contributed by atoms with van der Waals surface area (Å²) in [6.07, 6.45) is 1.66. The van der Waals surface area contributed by atoms with Crippen molar-refractivity contribution in [1.82, 2.24) is 24.8 Å². The number of hydrogen-bond donors (Lipinski definition) is 1. The summed E-state index contributed by atoms with van der Waals surface area (Å²) in [4.78, 5) is 4.12. The predicted molar refractivity (Wildman–Crippen MR) is 84.7 cm³/mol. The molecule has 0 aliphatic heterocycles. The second-order valence-corrected chi connectivity index (χ2v) is 5.21. The normalized spacial score (nSPS) is 11.1. The van der Waals surface area contributed by atoms with E-state index in [2.05, 4.69) is 25.6 Å². The number of aromatic nitrogens is 5. The van der Waals surface area contributed by atoms with Gasteiger partial charge < -0.3 is 9.73 Å². The number of halogens is 1. The molecule has 1 N–H and O–H groups in total. The number of benzene rings is 1. The molecule has 120 valence electrons. The Kier molecular flexibility index (Phi) is 3.42. The average molecular weight is 324 g/mol. The summed E-state index contributed by atoms with van der Waals surface area (Å²) in [7, 11) is 0. The van der Waals surface area contributed by atoms with Crippen LogP contribution in [0, 0.1) is 12.7 Å². The smallest absolute Gasteiger partial charge is 0.213 e. The lowest BCUT2D eigenvalue weighted by Crippen LogP contribution is -2.05. The molecular weight excluding hydrogens is 311 g/mol. The second-order valence-electron chi connectivity index (χ2n) is 5.21. The van der Waals surface area contributed by atoms with Gasteiger partial charge in [0.1, 0.15) is 17.4 Å². The van der Waals surface area contributed by atoms with E-state index in [9.17, 15) is 4.39 Å². The molecule has 7 nitrogen and oxygen atoms in total. The first-order valence-corrected chi connectivity index (χ1v) is 7.33. The first kappa shape index (κ1) is 14.3. The van der Waals surface area contributed by atoms with Gasteiger partial charge in [-0.05, 0) is 31.2 Å². The highest BCUT2D eigenvalue weighted by Gasteiger charge is 2.13. The van der Waals surface area contributed by atoms with Crippen molar-refractivity contribution in [3.63, 3.8) is 0 Å². The number of rotatable bonds is 4. The molecule has 0 radical (unpaired) electrons. The van der Waals surface area contributed by atoms with Gasteiger partial charge in [-0.1, -0.05) is 12.1 Å². The highest BCUT2D eigenvalue weighted by atomic mass is 19.1. The largest absolute Gasteiger partial charge is 0.444 e. The molecule has 0 unspecified atom stereocenters. The van der Waals surface area contributed by atoms with Crippen LogP contribution in [0.5, 0.6) is 0 Å². The topological polar surface area (TPSA) is 81.1 Å². The van der Waals surface area contributed by atoms with Crippen LogP contribution < -0.4 is 5.32 Å². The van der Waals surface area contributed by atoms with Crippen molar-refractivity contribution in [2.75, 3.05) is 5.32 Å². The molecule has 8 heteroatoms. The fourth-order valence-corrected chi connectivity index (χ4v) is 2.34. The van der Waals surface area contributed by atoms with Crippen molar-refractivity contribution in [1.29, 1.82) is 0 Å². The Morgan fingerprint density at radius 3 is 2.83 bits per heavy atom. The van der Waals surface area contributed by atoms with E-state index >= 15 is 0 Å². The van der Waals surface area contributed by atoms with Crippen LogP contribution in [0.2, 0.25) is 0 Å². The van der Waals surface area contributed by atoms with Crippen LogP contribution in [-0.2, 0) is 6.54 Å². The van der Waals surface area contributed by atoms with E-state index in [1.54, 1.807) is 36.5 Å². The van der Waals surface area contributed by atoms with Crippen molar-refractivity contribution in [2.24, 2.45) is 0 Å². The average Bonchev–Trinajstić information content (AvgIpc) is 3.19. The number of anilines is 1. The Bertz CT molecular complexity index is 1010.